The molecular weight excluding hydrogens is 431 g/mol. The largest absolute Gasteiger partial charge is 0.469 e. The second kappa shape index (κ2) is 9.40. The molecule has 166 valence electrons. The van der Waals surface area contributed by atoms with Gasteiger partial charge >= 0.3 is 5.97 Å². The molecule has 0 aliphatic carbocycles. The molecule has 2 aromatic carbocycles. The van der Waals surface area contributed by atoms with E-state index in [0.29, 0.717) is 16.0 Å². The number of hydrogen-bond acceptors (Lipinski definition) is 4. The highest BCUT2D eigenvalue weighted by atomic mass is 35.5. The van der Waals surface area contributed by atoms with Crippen molar-refractivity contribution in [2.24, 2.45) is 5.92 Å². The van der Waals surface area contributed by atoms with Gasteiger partial charge in [0.25, 0.3) is 0 Å². The summed E-state index contributed by atoms with van der Waals surface area (Å²) in [5.41, 5.74) is 6.44. The average Bonchev–Trinajstić information content (AvgIpc) is 2.71. The Kier molecular flexibility index (Phi) is 6.80. The molecule has 2 heterocycles. The van der Waals surface area contributed by atoms with Crippen molar-refractivity contribution in [3.63, 3.8) is 0 Å². The van der Waals surface area contributed by atoms with E-state index < -0.39 is 0 Å². The number of halogens is 2. The third kappa shape index (κ3) is 4.72. The third-order valence-electron chi connectivity index (χ3n) is 6.83. The summed E-state index contributed by atoms with van der Waals surface area (Å²) in [6.07, 6.45) is 1.76. The number of ether oxygens (including phenoxy) is 1. The predicted octanol–water partition coefficient (Wildman–Crippen LogP) is 5.60. The first-order valence-electron chi connectivity index (χ1n) is 11.0. The summed E-state index contributed by atoms with van der Waals surface area (Å²) in [6, 6.07) is 10.4. The number of likely N-dealkylation sites (tertiary alicyclic amines) is 1. The summed E-state index contributed by atoms with van der Waals surface area (Å²) in [4.78, 5) is 16.5. The molecule has 0 atom stereocenters. The number of benzene rings is 2. The van der Waals surface area contributed by atoms with E-state index in [1.54, 1.807) is 0 Å². The number of para-hydroxylation sites is 1. The molecule has 0 spiro atoms. The standard InChI is InChI=1S/C25H30Cl2N2O2/c1-16-11-19(20-13-29(14-20)24-22(26)5-4-6-23(24)27)12-17(2)21(16)15-28-9-7-18(8-10-28)25(30)31-3/h4-6,11-12,18,20H,7-10,13-15H2,1-3H3. The van der Waals surface area contributed by atoms with Crippen LogP contribution in [0.1, 0.15) is 41.0 Å². The smallest absolute Gasteiger partial charge is 0.308 e. The van der Waals surface area contributed by atoms with E-state index in [9.17, 15) is 4.79 Å². The van der Waals surface area contributed by atoms with Gasteiger partial charge in [0.05, 0.1) is 28.8 Å². The SMILES string of the molecule is COC(=O)C1CCN(Cc2c(C)cc(C3CN(c4c(Cl)cccc4Cl)C3)cc2C)CC1. The highest BCUT2D eigenvalue weighted by Crippen LogP contribution is 2.40. The molecule has 6 heteroatoms. The van der Waals surface area contributed by atoms with Crippen LogP contribution in [-0.4, -0.2) is 44.2 Å². The maximum atomic E-state index is 11.8. The highest BCUT2D eigenvalue weighted by molar-refractivity contribution is 6.39. The van der Waals surface area contributed by atoms with Gasteiger partial charge in [0.1, 0.15) is 0 Å². The number of methoxy groups -OCH3 is 1. The fraction of sp³-hybridized carbons (Fsp3) is 0.480. The Morgan fingerprint density at radius 1 is 1.06 bits per heavy atom. The van der Waals surface area contributed by atoms with E-state index in [2.05, 4.69) is 35.8 Å². The van der Waals surface area contributed by atoms with E-state index in [-0.39, 0.29) is 11.9 Å². The minimum absolute atomic E-state index is 0.0546. The fourth-order valence-electron chi connectivity index (χ4n) is 4.89. The second-order valence-corrected chi connectivity index (χ2v) is 9.69. The van der Waals surface area contributed by atoms with Crippen molar-refractivity contribution < 1.29 is 9.53 Å². The summed E-state index contributed by atoms with van der Waals surface area (Å²) in [5.74, 6) is 0.484. The van der Waals surface area contributed by atoms with Crippen LogP contribution in [0.25, 0.3) is 0 Å². The number of rotatable bonds is 5. The van der Waals surface area contributed by atoms with Gasteiger partial charge < -0.3 is 9.64 Å². The first-order chi connectivity index (χ1) is 14.9. The zero-order valence-corrected chi connectivity index (χ0v) is 20.0. The molecule has 0 aromatic heterocycles. The van der Waals surface area contributed by atoms with Crippen molar-refractivity contribution in [1.82, 2.24) is 4.90 Å². The van der Waals surface area contributed by atoms with Gasteiger partial charge in [-0.05, 0) is 74.2 Å². The lowest BCUT2D eigenvalue weighted by Gasteiger charge is -2.42. The summed E-state index contributed by atoms with van der Waals surface area (Å²) >= 11 is 12.7. The average molecular weight is 461 g/mol. The van der Waals surface area contributed by atoms with Gasteiger partial charge in [-0.25, -0.2) is 0 Å². The monoisotopic (exact) mass is 460 g/mol. The maximum Gasteiger partial charge on any atom is 0.308 e. The molecule has 2 aliphatic heterocycles. The Labute approximate surface area is 195 Å². The van der Waals surface area contributed by atoms with Crippen LogP contribution in [-0.2, 0) is 16.1 Å². The molecule has 31 heavy (non-hydrogen) atoms. The van der Waals surface area contributed by atoms with Gasteiger partial charge in [-0.2, -0.15) is 0 Å². The summed E-state index contributed by atoms with van der Waals surface area (Å²) in [5, 5.41) is 1.43. The van der Waals surface area contributed by atoms with E-state index in [1.165, 1.54) is 29.4 Å². The van der Waals surface area contributed by atoms with Crippen LogP contribution in [0.2, 0.25) is 10.0 Å². The number of esters is 1. The molecular formula is C25H30Cl2N2O2. The lowest BCUT2D eigenvalue weighted by Crippen LogP contribution is -2.45. The predicted molar refractivity (Wildman–Crippen MR) is 127 cm³/mol. The van der Waals surface area contributed by atoms with E-state index in [4.69, 9.17) is 27.9 Å². The topological polar surface area (TPSA) is 32.8 Å². The van der Waals surface area contributed by atoms with Gasteiger partial charge in [0, 0.05) is 25.6 Å². The summed E-state index contributed by atoms with van der Waals surface area (Å²) in [7, 11) is 1.48. The number of anilines is 1. The molecule has 0 N–H and O–H groups in total. The minimum Gasteiger partial charge on any atom is -0.469 e. The van der Waals surface area contributed by atoms with Crippen LogP contribution in [0.15, 0.2) is 30.3 Å². The first kappa shape index (κ1) is 22.4. The van der Waals surface area contributed by atoms with Crippen molar-refractivity contribution in [2.45, 2.75) is 39.2 Å². The molecule has 4 nitrogen and oxygen atoms in total. The highest BCUT2D eigenvalue weighted by Gasteiger charge is 2.31. The molecule has 4 rings (SSSR count). The van der Waals surface area contributed by atoms with Crippen molar-refractivity contribution in [2.75, 3.05) is 38.2 Å². The van der Waals surface area contributed by atoms with E-state index >= 15 is 0 Å². The van der Waals surface area contributed by atoms with Crippen LogP contribution >= 0.6 is 23.2 Å². The van der Waals surface area contributed by atoms with Crippen LogP contribution < -0.4 is 4.90 Å². The van der Waals surface area contributed by atoms with Gasteiger partial charge in [-0.1, -0.05) is 41.4 Å². The fourth-order valence-corrected chi connectivity index (χ4v) is 5.53. The Bertz CT molecular complexity index is 921. The molecule has 0 saturated carbocycles. The first-order valence-corrected chi connectivity index (χ1v) is 11.7. The zero-order valence-electron chi connectivity index (χ0n) is 18.5. The number of carbonyl (C=O) groups excluding carboxylic acids is 1. The Hall–Kier alpha value is -1.75. The van der Waals surface area contributed by atoms with Gasteiger partial charge in [-0.15, -0.1) is 0 Å². The summed E-state index contributed by atoms with van der Waals surface area (Å²) in [6.45, 7) is 9.12. The number of nitrogens with zero attached hydrogens (tertiary/aromatic N) is 2. The normalized spacial score (nSPS) is 18.2. The number of piperidine rings is 1. The maximum absolute atomic E-state index is 11.8. The minimum atomic E-state index is -0.0658. The van der Waals surface area contributed by atoms with E-state index in [1.807, 2.05) is 18.2 Å². The zero-order chi connectivity index (χ0) is 22.1. The lowest BCUT2D eigenvalue weighted by molar-refractivity contribution is -0.147. The van der Waals surface area contributed by atoms with Gasteiger partial charge in [0.2, 0.25) is 0 Å². The van der Waals surface area contributed by atoms with Crippen LogP contribution in [0.3, 0.4) is 0 Å². The molecule has 0 unspecified atom stereocenters. The van der Waals surface area contributed by atoms with Crippen molar-refractivity contribution >= 4 is 34.9 Å². The van der Waals surface area contributed by atoms with Crippen LogP contribution in [0.5, 0.6) is 0 Å². The molecule has 2 fully saturated rings. The second-order valence-electron chi connectivity index (χ2n) is 8.88. The third-order valence-corrected chi connectivity index (χ3v) is 7.44. The molecule has 2 aromatic rings. The summed E-state index contributed by atoms with van der Waals surface area (Å²) < 4.78 is 4.91. The molecule has 2 aliphatic rings. The number of carbonyl (C=O) groups is 1. The Balaban J connectivity index is 1.39. The van der Waals surface area contributed by atoms with Gasteiger partial charge in [-0.3, -0.25) is 9.69 Å². The molecule has 0 bridgehead atoms. The molecule has 0 radical (unpaired) electrons. The Morgan fingerprint density at radius 2 is 1.65 bits per heavy atom. The van der Waals surface area contributed by atoms with E-state index in [0.717, 1.165) is 51.3 Å². The van der Waals surface area contributed by atoms with Crippen molar-refractivity contribution in [1.29, 1.82) is 0 Å². The van der Waals surface area contributed by atoms with Crippen LogP contribution in [0.4, 0.5) is 5.69 Å². The quantitative estimate of drug-likeness (QED) is 0.543. The lowest BCUT2D eigenvalue weighted by atomic mass is 9.86. The van der Waals surface area contributed by atoms with Crippen molar-refractivity contribution in [3.05, 3.63) is 62.6 Å². The van der Waals surface area contributed by atoms with Crippen LogP contribution in [0, 0.1) is 19.8 Å². The number of hydrogen-bond donors (Lipinski definition) is 0. The van der Waals surface area contributed by atoms with Crippen molar-refractivity contribution in [3.8, 4) is 0 Å². The van der Waals surface area contributed by atoms with Gasteiger partial charge in [0.15, 0.2) is 0 Å². The molecule has 2 saturated heterocycles. The number of aryl methyl sites for hydroxylation is 2. The Morgan fingerprint density at radius 3 is 2.19 bits per heavy atom. The molecule has 0 amide bonds.